The van der Waals surface area contributed by atoms with E-state index in [-0.39, 0.29) is 18.2 Å². The lowest BCUT2D eigenvalue weighted by Gasteiger charge is -2.32. The highest BCUT2D eigenvalue weighted by molar-refractivity contribution is 5.80. The number of aliphatic imine (C=N–C) groups is 1. The van der Waals surface area contributed by atoms with Crippen LogP contribution in [0.4, 0.5) is 9.59 Å². The first-order chi connectivity index (χ1) is 13.7. The third-order valence-electron chi connectivity index (χ3n) is 4.46. The predicted octanol–water partition coefficient (Wildman–Crippen LogP) is 2.47. The first kappa shape index (κ1) is 24.8. The van der Waals surface area contributed by atoms with E-state index in [1.165, 1.54) is 0 Å². The van der Waals surface area contributed by atoms with E-state index < -0.39 is 11.7 Å². The summed E-state index contributed by atoms with van der Waals surface area (Å²) in [6.45, 7) is 11.7. The Morgan fingerprint density at radius 3 is 2.38 bits per heavy atom. The molecule has 1 aliphatic rings. The third kappa shape index (κ3) is 10.2. The largest absolute Gasteiger partial charge is 0.450 e. The number of hydrogen-bond acceptors (Lipinski definition) is 5. The van der Waals surface area contributed by atoms with Crippen molar-refractivity contribution >= 4 is 18.1 Å². The van der Waals surface area contributed by atoms with Gasteiger partial charge in [0.15, 0.2) is 5.96 Å². The molecule has 1 atom stereocenters. The summed E-state index contributed by atoms with van der Waals surface area (Å²) in [5, 5.41) is 9.61. The van der Waals surface area contributed by atoms with Crippen LogP contribution in [0.5, 0.6) is 0 Å². The number of piperidine rings is 1. The van der Waals surface area contributed by atoms with Crippen molar-refractivity contribution in [2.45, 2.75) is 78.0 Å². The fraction of sp³-hybridized carbons (Fsp3) is 0.850. The van der Waals surface area contributed by atoms with Gasteiger partial charge in [-0.25, -0.2) is 9.59 Å². The quantitative estimate of drug-likeness (QED) is 0.437. The molecule has 0 aliphatic carbocycles. The van der Waals surface area contributed by atoms with E-state index >= 15 is 0 Å². The highest BCUT2D eigenvalue weighted by Crippen LogP contribution is 2.11. The molecule has 1 fully saturated rings. The average molecular weight is 414 g/mol. The Morgan fingerprint density at radius 1 is 1.21 bits per heavy atom. The van der Waals surface area contributed by atoms with Crippen molar-refractivity contribution in [3.63, 3.8) is 0 Å². The lowest BCUT2D eigenvalue weighted by Crippen LogP contribution is -2.52. The molecule has 1 rings (SSSR count). The zero-order chi connectivity index (χ0) is 21.9. The van der Waals surface area contributed by atoms with Crippen LogP contribution < -0.4 is 16.0 Å². The molecule has 1 aliphatic heterocycles. The van der Waals surface area contributed by atoms with Crippen LogP contribution in [0.15, 0.2) is 4.99 Å². The minimum atomic E-state index is -0.524. The highest BCUT2D eigenvalue weighted by atomic mass is 16.6. The van der Waals surface area contributed by atoms with Crippen LogP contribution in [0.3, 0.4) is 0 Å². The molecule has 0 aromatic heterocycles. The number of nitrogens with one attached hydrogen (secondary N) is 3. The van der Waals surface area contributed by atoms with Crippen molar-refractivity contribution in [2.24, 2.45) is 4.99 Å². The van der Waals surface area contributed by atoms with Crippen molar-refractivity contribution in [1.29, 1.82) is 0 Å². The lowest BCUT2D eigenvalue weighted by molar-refractivity contribution is 0.0502. The van der Waals surface area contributed by atoms with Gasteiger partial charge in [0, 0.05) is 38.8 Å². The Labute approximate surface area is 175 Å². The summed E-state index contributed by atoms with van der Waals surface area (Å²) in [5.74, 6) is 0.687. The first-order valence-corrected chi connectivity index (χ1v) is 10.6. The molecule has 1 saturated heterocycles. The summed E-state index contributed by atoms with van der Waals surface area (Å²) in [7, 11) is 1.72. The minimum Gasteiger partial charge on any atom is -0.450 e. The number of rotatable bonds is 7. The maximum absolute atomic E-state index is 12.1. The third-order valence-corrected chi connectivity index (χ3v) is 4.46. The van der Waals surface area contributed by atoms with Crippen LogP contribution >= 0.6 is 0 Å². The zero-order valence-corrected chi connectivity index (χ0v) is 18.8. The van der Waals surface area contributed by atoms with Crippen LogP contribution in [0.25, 0.3) is 0 Å². The Hall–Kier alpha value is -2.19. The topological polar surface area (TPSA) is 104 Å². The number of ether oxygens (including phenoxy) is 2. The molecule has 0 radical (unpaired) electrons. The molecule has 1 unspecified atom stereocenters. The zero-order valence-electron chi connectivity index (χ0n) is 18.8. The summed E-state index contributed by atoms with van der Waals surface area (Å²) in [5.41, 5.74) is -0.524. The standard InChI is InChI=1S/C20H39N5O4/c1-7-9-16(24-18(26)29-20(3,4)5)14-22-17(21-6)23-15-10-12-25(13-11-15)19(27)28-8-2/h15-16H,7-14H2,1-6H3,(H,24,26)(H2,21,22,23). The summed E-state index contributed by atoms with van der Waals surface area (Å²) >= 11 is 0. The van der Waals surface area contributed by atoms with Gasteiger partial charge in [0.25, 0.3) is 0 Å². The second-order valence-corrected chi connectivity index (χ2v) is 8.19. The van der Waals surface area contributed by atoms with Crippen LogP contribution in [0, 0.1) is 0 Å². The summed E-state index contributed by atoms with van der Waals surface area (Å²) in [6, 6.07) is 0.175. The normalized spacial score (nSPS) is 16.8. The molecule has 9 heteroatoms. The fourth-order valence-electron chi connectivity index (χ4n) is 3.08. The van der Waals surface area contributed by atoms with Gasteiger partial charge in [0.05, 0.1) is 6.61 Å². The SMILES string of the molecule is CCCC(CNC(=NC)NC1CCN(C(=O)OCC)CC1)NC(=O)OC(C)(C)C. The van der Waals surface area contributed by atoms with Crippen LogP contribution in [0.2, 0.25) is 0 Å². The predicted molar refractivity (Wildman–Crippen MR) is 114 cm³/mol. The number of guanidine groups is 1. The van der Waals surface area contributed by atoms with E-state index in [0.717, 1.165) is 25.7 Å². The van der Waals surface area contributed by atoms with Gasteiger partial charge >= 0.3 is 12.2 Å². The molecule has 168 valence electrons. The Morgan fingerprint density at radius 2 is 1.86 bits per heavy atom. The van der Waals surface area contributed by atoms with Gasteiger partial charge in [-0.1, -0.05) is 13.3 Å². The number of carbonyl (C=O) groups is 2. The molecule has 0 bridgehead atoms. The number of amides is 2. The van der Waals surface area contributed by atoms with E-state index in [4.69, 9.17) is 9.47 Å². The molecule has 29 heavy (non-hydrogen) atoms. The lowest BCUT2D eigenvalue weighted by atomic mass is 10.1. The van der Waals surface area contributed by atoms with Gasteiger partial charge in [-0.2, -0.15) is 0 Å². The van der Waals surface area contributed by atoms with E-state index in [0.29, 0.717) is 32.2 Å². The number of likely N-dealkylation sites (tertiary alicyclic amines) is 1. The number of alkyl carbamates (subject to hydrolysis) is 1. The Bertz CT molecular complexity index is 539. The molecular weight excluding hydrogens is 374 g/mol. The van der Waals surface area contributed by atoms with Crippen molar-refractivity contribution < 1.29 is 19.1 Å². The maximum atomic E-state index is 12.1. The van der Waals surface area contributed by atoms with Crippen LogP contribution in [-0.2, 0) is 9.47 Å². The monoisotopic (exact) mass is 413 g/mol. The van der Waals surface area contributed by atoms with E-state index in [1.807, 2.05) is 27.7 Å². The molecule has 0 aromatic rings. The number of carbonyl (C=O) groups excluding carboxylic acids is 2. The van der Waals surface area contributed by atoms with Gasteiger partial charge in [0.2, 0.25) is 0 Å². The van der Waals surface area contributed by atoms with Crippen molar-refractivity contribution in [3.8, 4) is 0 Å². The van der Waals surface area contributed by atoms with E-state index in [1.54, 1.807) is 11.9 Å². The summed E-state index contributed by atoms with van der Waals surface area (Å²) in [4.78, 5) is 29.9. The minimum absolute atomic E-state index is 0.0564. The number of nitrogens with zero attached hydrogens (tertiary/aromatic N) is 2. The summed E-state index contributed by atoms with van der Waals surface area (Å²) in [6.07, 6.45) is 2.78. The van der Waals surface area contributed by atoms with Gasteiger partial charge in [-0.05, 0) is 47.0 Å². The molecule has 3 N–H and O–H groups in total. The average Bonchev–Trinajstić information content (AvgIpc) is 2.64. The Balaban J connectivity index is 2.45. The first-order valence-electron chi connectivity index (χ1n) is 10.6. The smallest absolute Gasteiger partial charge is 0.409 e. The second kappa shape index (κ2) is 12.4. The molecular formula is C20H39N5O4. The van der Waals surface area contributed by atoms with Crippen molar-refractivity contribution in [1.82, 2.24) is 20.9 Å². The van der Waals surface area contributed by atoms with Crippen molar-refractivity contribution in [3.05, 3.63) is 0 Å². The van der Waals surface area contributed by atoms with Crippen molar-refractivity contribution in [2.75, 3.05) is 33.3 Å². The molecule has 0 spiro atoms. The van der Waals surface area contributed by atoms with Gasteiger partial charge in [0.1, 0.15) is 5.60 Å². The summed E-state index contributed by atoms with van der Waals surface area (Å²) < 4.78 is 10.4. The van der Waals surface area contributed by atoms with E-state index in [9.17, 15) is 9.59 Å². The second-order valence-electron chi connectivity index (χ2n) is 8.19. The molecule has 2 amide bonds. The van der Waals surface area contributed by atoms with Gasteiger partial charge < -0.3 is 30.3 Å². The molecule has 1 heterocycles. The van der Waals surface area contributed by atoms with E-state index in [2.05, 4.69) is 27.9 Å². The molecule has 0 aromatic carbocycles. The fourth-order valence-corrected chi connectivity index (χ4v) is 3.08. The van der Waals surface area contributed by atoms with Crippen LogP contribution in [-0.4, -0.2) is 74.0 Å². The highest BCUT2D eigenvalue weighted by Gasteiger charge is 2.24. The maximum Gasteiger partial charge on any atom is 0.409 e. The molecule has 0 saturated carbocycles. The Kier molecular flexibility index (Phi) is 10.6. The van der Waals surface area contributed by atoms with Crippen LogP contribution in [0.1, 0.15) is 60.3 Å². The van der Waals surface area contributed by atoms with Gasteiger partial charge in [-0.3, -0.25) is 4.99 Å². The van der Waals surface area contributed by atoms with Gasteiger partial charge in [-0.15, -0.1) is 0 Å². The number of hydrogen-bond donors (Lipinski definition) is 3. The molecule has 9 nitrogen and oxygen atoms in total.